The first-order valence-electron chi connectivity index (χ1n) is 5.54. The summed E-state index contributed by atoms with van der Waals surface area (Å²) in [5, 5.41) is 16.0. The molecule has 0 aromatic carbocycles. The summed E-state index contributed by atoms with van der Waals surface area (Å²) >= 11 is 0. The Morgan fingerprint density at radius 1 is 1.33 bits per heavy atom. The van der Waals surface area contributed by atoms with Crippen LogP contribution in [0.1, 0.15) is 35.7 Å². The second kappa shape index (κ2) is 4.84. The zero-order valence-corrected chi connectivity index (χ0v) is 10.4. The summed E-state index contributed by atoms with van der Waals surface area (Å²) in [6.45, 7) is 5.70. The molecule has 1 unspecified atom stereocenters. The van der Waals surface area contributed by atoms with Gasteiger partial charge in [-0.1, -0.05) is 5.16 Å². The van der Waals surface area contributed by atoms with E-state index in [1.165, 1.54) is 6.20 Å². The molecule has 0 aliphatic rings. The molecule has 0 spiro atoms. The monoisotopic (exact) mass is 243 g/mol. The minimum atomic E-state index is -0.0555. The van der Waals surface area contributed by atoms with Gasteiger partial charge in [0.2, 0.25) is 0 Å². The average Bonchev–Trinajstić information content (AvgIpc) is 2.69. The van der Waals surface area contributed by atoms with Crippen LogP contribution in [-0.4, -0.2) is 15.1 Å². The van der Waals surface area contributed by atoms with E-state index >= 15 is 0 Å². The molecule has 0 saturated heterocycles. The molecule has 0 bridgehead atoms. The van der Waals surface area contributed by atoms with Gasteiger partial charge in [0.05, 0.1) is 11.7 Å². The third-order valence-corrected chi connectivity index (χ3v) is 2.68. The number of hydrogen-bond donors (Lipinski definition) is 1. The van der Waals surface area contributed by atoms with E-state index in [0.29, 0.717) is 5.82 Å². The lowest BCUT2D eigenvalue weighted by molar-refractivity contribution is 0.392. The molecule has 92 valence electrons. The van der Waals surface area contributed by atoms with Crippen LogP contribution in [0.15, 0.2) is 16.9 Å². The molecular weight excluding hydrogens is 230 g/mol. The SMILES string of the molecule is Cc1noc(C)c1C(C)Nc1nccnc1C#N. The van der Waals surface area contributed by atoms with Gasteiger partial charge in [0, 0.05) is 18.0 Å². The Morgan fingerprint density at radius 2 is 2.06 bits per heavy atom. The largest absolute Gasteiger partial charge is 0.361 e. The smallest absolute Gasteiger partial charge is 0.182 e. The summed E-state index contributed by atoms with van der Waals surface area (Å²) in [4.78, 5) is 8.06. The van der Waals surface area contributed by atoms with Crippen LogP contribution in [0, 0.1) is 25.2 Å². The van der Waals surface area contributed by atoms with Crippen LogP contribution in [0.3, 0.4) is 0 Å². The van der Waals surface area contributed by atoms with E-state index in [1.807, 2.05) is 26.8 Å². The molecule has 6 nitrogen and oxygen atoms in total. The molecule has 0 fully saturated rings. The summed E-state index contributed by atoms with van der Waals surface area (Å²) in [5.74, 6) is 1.22. The van der Waals surface area contributed by atoms with Crippen molar-refractivity contribution in [3.05, 3.63) is 35.1 Å². The van der Waals surface area contributed by atoms with Gasteiger partial charge in [0.1, 0.15) is 11.8 Å². The maximum absolute atomic E-state index is 8.95. The van der Waals surface area contributed by atoms with Crippen LogP contribution in [0.4, 0.5) is 5.82 Å². The normalized spacial score (nSPS) is 11.9. The topological polar surface area (TPSA) is 87.6 Å². The molecule has 1 atom stereocenters. The van der Waals surface area contributed by atoms with E-state index in [2.05, 4.69) is 20.4 Å². The summed E-state index contributed by atoms with van der Waals surface area (Å²) in [7, 11) is 0. The van der Waals surface area contributed by atoms with Crippen molar-refractivity contribution >= 4 is 5.82 Å². The lowest BCUT2D eigenvalue weighted by Gasteiger charge is -2.14. The molecule has 0 radical (unpaired) electrons. The van der Waals surface area contributed by atoms with Crippen molar-refractivity contribution in [1.82, 2.24) is 15.1 Å². The second-order valence-electron chi connectivity index (χ2n) is 3.97. The first-order valence-corrected chi connectivity index (χ1v) is 5.54. The van der Waals surface area contributed by atoms with Crippen molar-refractivity contribution < 1.29 is 4.52 Å². The third-order valence-electron chi connectivity index (χ3n) is 2.68. The fourth-order valence-corrected chi connectivity index (χ4v) is 1.91. The second-order valence-corrected chi connectivity index (χ2v) is 3.97. The van der Waals surface area contributed by atoms with Gasteiger partial charge < -0.3 is 9.84 Å². The highest BCUT2D eigenvalue weighted by Crippen LogP contribution is 2.24. The Bertz CT molecular complexity index is 579. The quantitative estimate of drug-likeness (QED) is 0.888. The van der Waals surface area contributed by atoms with Gasteiger partial charge in [-0.25, -0.2) is 9.97 Å². The van der Waals surface area contributed by atoms with Gasteiger partial charge in [0.15, 0.2) is 11.5 Å². The Kier molecular flexibility index (Phi) is 3.24. The van der Waals surface area contributed by atoms with E-state index in [4.69, 9.17) is 9.78 Å². The molecule has 0 aliphatic carbocycles. The maximum atomic E-state index is 8.95. The standard InChI is InChI=1S/C12H13N5O/c1-7(11-8(2)17-18-9(11)3)16-12-10(6-13)14-4-5-15-12/h4-5,7H,1-3H3,(H,15,16). The van der Waals surface area contributed by atoms with Crippen LogP contribution >= 0.6 is 0 Å². The van der Waals surface area contributed by atoms with E-state index in [9.17, 15) is 0 Å². The molecular formula is C12H13N5O. The molecule has 18 heavy (non-hydrogen) atoms. The Balaban J connectivity index is 2.27. The van der Waals surface area contributed by atoms with E-state index in [0.717, 1.165) is 17.0 Å². The molecule has 2 rings (SSSR count). The van der Waals surface area contributed by atoms with Crippen molar-refractivity contribution in [1.29, 1.82) is 5.26 Å². The highest BCUT2D eigenvalue weighted by molar-refractivity contribution is 5.48. The number of rotatable bonds is 3. The highest BCUT2D eigenvalue weighted by Gasteiger charge is 2.17. The molecule has 1 N–H and O–H groups in total. The summed E-state index contributed by atoms with van der Waals surface area (Å²) < 4.78 is 5.12. The summed E-state index contributed by atoms with van der Waals surface area (Å²) in [6, 6.07) is 1.94. The molecule has 6 heteroatoms. The van der Waals surface area contributed by atoms with Crippen molar-refractivity contribution in [2.75, 3.05) is 5.32 Å². The molecule has 0 aliphatic heterocycles. The molecule has 2 aromatic rings. The van der Waals surface area contributed by atoms with E-state index in [1.54, 1.807) is 6.20 Å². The van der Waals surface area contributed by atoms with Gasteiger partial charge >= 0.3 is 0 Å². The van der Waals surface area contributed by atoms with Crippen molar-refractivity contribution in [3.63, 3.8) is 0 Å². The minimum Gasteiger partial charge on any atom is -0.361 e. The van der Waals surface area contributed by atoms with Gasteiger partial charge in [-0.3, -0.25) is 0 Å². The Labute approximate surface area is 105 Å². The fourth-order valence-electron chi connectivity index (χ4n) is 1.91. The number of aryl methyl sites for hydroxylation is 2. The zero-order chi connectivity index (χ0) is 13.1. The van der Waals surface area contributed by atoms with Crippen LogP contribution in [-0.2, 0) is 0 Å². The molecule has 0 saturated carbocycles. The number of hydrogen-bond acceptors (Lipinski definition) is 6. The highest BCUT2D eigenvalue weighted by atomic mass is 16.5. The van der Waals surface area contributed by atoms with Crippen LogP contribution in [0.2, 0.25) is 0 Å². The van der Waals surface area contributed by atoms with Crippen molar-refractivity contribution in [2.45, 2.75) is 26.8 Å². The van der Waals surface area contributed by atoms with E-state index in [-0.39, 0.29) is 11.7 Å². The van der Waals surface area contributed by atoms with Crippen molar-refractivity contribution in [2.24, 2.45) is 0 Å². The number of anilines is 1. The Hall–Kier alpha value is -2.42. The number of aromatic nitrogens is 3. The minimum absolute atomic E-state index is 0.0555. The lowest BCUT2D eigenvalue weighted by Crippen LogP contribution is -2.11. The van der Waals surface area contributed by atoms with Gasteiger partial charge in [-0.05, 0) is 20.8 Å². The number of nitrogens with zero attached hydrogens (tertiary/aromatic N) is 4. The number of nitriles is 1. The summed E-state index contributed by atoms with van der Waals surface area (Å²) in [5.41, 5.74) is 2.08. The predicted octanol–water partition coefficient (Wildman–Crippen LogP) is 2.13. The molecule has 0 amide bonds. The van der Waals surface area contributed by atoms with Gasteiger partial charge in [-0.15, -0.1) is 0 Å². The molecule has 2 heterocycles. The molecule has 2 aromatic heterocycles. The summed E-state index contributed by atoms with van der Waals surface area (Å²) in [6.07, 6.45) is 3.04. The fraction of sp³-hybridized carbons (Fsp3) is 0.333. The van der Waals surface area contributed by atoms with Crippen LogP contribution in [0.25, 0.3) is 0 Å². The number of nitrogens with one attached hydrogen (secondary N) is 1. The van der Waals surface area contributed by atoms with Crippen LogP contribution < -0.4 is 5.32 Å². The third kappa shape index (κ3) is 2.15. The van der Waals surface area contributed by atoms with Gasteiger partial charge in [-0.2, -0.15) is 5.26 Å². The first kappa shape index (κ1) is 12.0. The predicted molar refractivity (Wildman–Crippen MR) is 64.8 cm³/mol. The average molecular weight is 243 g/mol. The van der Waals surface area contributed by atoms with Gasteiger partial charge in [0.25, 0.3) is 0 Å². The Morgan fingerprint density at radius 3 is 2.67 bits per heavy atom. The van der Waals surface area contributed by atoms with Crippen molar-refractivity contribution in [3.8, 4) is 6.07 Å². The first-order chi connectivity index (χ1) is 8.63. The maximum Gasteiger partial charge on any atom is 0.182 e. The van der Waals surface area contributed by atoms with Crippen LogP contribution in [0.5, 0.6) is 0 Å². The zero-order valence-electron chi connectivity index (χ0n) is 10.4. The van der Waals surface area contributed by atoms with E-state index < -0.39 is 0 Å². The lowest BCUT2D eigenvalue weighted by atomic mass is 10.1.